The molecule has 4 heteroatoms. The van der Waals surface area contributed by atoms with Gasteiger partial charge in [-0.25, -0.2) is 0 Å². The minimum Gasteiger partial charge on any atom is -0.457 e. The second kappa shape index (κ2) is 7.12. The SMILES string of the molecule is CC1(CN(C(=O)c2ccccc2Oc2ccccc2)[C@H]2CCNC2)CC1. The third-order valence-corrected chi connectivity index (χ3v) is 5.48. The van der Waals surface area contributed by atoms with Gasteiger partial charge in [-0.3, -0.25) is 4.79 Å². The summed E-state index contributed by atoms with van der Waals surface area (Å²) in [6.45, 7) is 4.97. The van der Waals surface area contributed by atoms with Gasteiger partial charge in [-0.15, -0.1) is 0 Å². The van der Waals surface area contributed by atoms with Gasteiger partial charge in [0.1, 0.15) is 11.5 Å². The highest BCUT2D eigenvalue weighted by Gasteiger charge is 2.42. The van der Waals surface area contributed by atoms with Crippen molar-refractivity contribution in [3.63, 3.8) is 0 Å². The Labute approximate surface area is 155 Å². The summed E-state index contributed by atoms with van der Waals surface area (Å²) in [6.07, 6.45) is 3.43. The van der Waals surface area contributed by atoms with Crippen LogP contribution in [-0.2, 0) is 0 Å². The van der Waals surface area contributed by atoms with Crippen LogP contribution in [0.1, 0.15) is 36.5 Å². The molecule has 0 aromatic heterocycles. The minimum atomic E-state index is 0.0818. The second-order valence-corrected chi connectivity index (χ2v) is 7.80. The summed E-state index contributed by atoms with van der Waals surface area (Å²) in [6, 6.07) is 17.5. The highest BCUT2D eigenvalue weighted by molar-refractivity contribution is 5.97. The van der Waals surface area contributed by atoms with Crippen LogP contribution in [0.25, 0.3) is 0 Å². The Morgan fingerprint density at radius 2 is 1.88 bits per heavy atom. The maximum Gasteiger partial charge on any atom is 0.257 e. The number of benzene rings is 2. The molecule has 1 saturated carbocycles. The fourth-order valence-electron chi connectivity index (χ4n) is 3.56. The predicted octanol–water partition coefficient (Wildman–Crippen LogP) is 4.08. The number of nitrogens with zero attached hydrogens (tertiary/aromatic N) is 1. The number of carbonyl (C=O) groups excluding carboxylic acids is 1. The van der Waals surface area contributed by atoms with Gasteiger partial charge in [0.25, 0.3) is 5.91 Å². The maximum absolute atomic E-state index is 13.5. The second-order valence-electron chi connectivity index (χ2n) is 7.80. The Kier molecular flexibility index (Phi) is 4.68. The monoisotopic (exact) mass is 350 g/mol. The summed E-state index contributed by atoms with van der Waals surface area (Å²) in [5.41, 5.74) is 0.931. The molecule has 1 aliphatic carbocycles. The van der Waals surface area contributed by atoms with E-state index in [-0.39, 0.29) is 17.4 Å². The summed E-state index contributed by atoms with van der Waals surface area (Å²) >= 11 is 0. The van der Waals surface area contributed by atoms with E-state index in [1.165, 1.54) is 12.8 Å². The standard InChI is InChI=1S/C22H26N2O2/c1-22(12-13-22)16-24(17-11-14-23-15-17)21(25)19-9-5-6-10-20(19)26-18-7-3-2-4-8-18/h2-10,17,23H,11-16H2,1H3/t17-/m0/s1. The van der Waals surface area contributed by atoms with Crippen molar-refractivity contribution in [3.05, 3.63) is 60.2 Å². The molecule has 1 aliphatic heterocycles. The molecule has 1 heterocycles. The Morgan fingerprint density at radius 1 is 1.15 bits per heavy atom. The van der Waals surface area contributed by atoms with Gasteiger partial charge in [0.15, 0.2) is 0 Å². The number of rotatable bonds is 6. The van der Waals surface area contributed by atoms with Gasteiger partial charge in [0.2, 0.25) is 0 Å². The molecule has 136 valence electrons. The van der Waals surface area contributed by atoms with Gasteiger partial charge in [0, 0.05) is 19.1 Å². The van der Waals surface area contributed by atoms with E-state index in [2.05, 4.69) is 17.1 Å². The largest absolute Gasteiger partial charge is 0.457 e. The minimum absolute atomic E-state index is 0.0818. The van der Waals surface area contributed by atoms with Crippen LogP contribution in [-0.4, -0.2) is 36.5 Å². The fraction of sp³-hybridized carbons (Fsp3) is 0.409. The van der Waals surface area contributed by atoms with Gasteiger partial charge in [-0.1, -0.05) is 37.3 Å². The van der Waals surface area contributed by atoms with Gasteiger partial charge >= 0.3 is 0 Å². The zero-order valence-electron chi connectivity index (χ0n) is 15.3. The quantitative estimate of drug-likeness (QED) is 0.853. The fourth-order valence-corrected chi connectivity index (χ4v) is 3.56. The first-order valence-corrected chi connectivity index (χ1v) is 9.48. The first-order chi connectivity index (χ1) is 12.6. The number of hydrogen-bond acceptors (Lipinski definition) is 3. The van der Waals surface area contributed by atoms with E-state index in [0.29, 0.717) is 11.3 Å². The molecule has 0 unspecified atom stereocenters. The summed E-state index contributed by atoms with van der Waals surface area (Å²) in [5, 5.41) is 3.39. The predicted molar refractivity (Wildman–Crippen MR) is 103 cm³/mol. The first-order valence-electron chi connectivity index (χ1n) is 9.48. The molecule has 4 nitrogen and oxygen atoms in total. The molecule has 0 radical (unpaired) electrons. The van der Waals surface area contributed by atoms with Crippen LogP contribution < -0.4 is 10.1 Å². The van der Waals surface area contributed by atoms with Crippen molar-refractivity contribution in [2.45, 2.75) is 32.2 Å². The molecular formula is C22H26N2O2. The smallest absolute Gasteiger partial charge is 0.257 e. The third kappa shape index (κ3) is 3.75. The Bertz CT molecular complexity index is 765. The van der Waals surface area contributed by atoms with Gasteiger partial charge in [0.05, 0.1) is 5.56 Å². The molecule has 26 heavy (non-hydrogen) atoms. The lowest BCUT2D eigenvalue weighted by atomic mass is 10.0. The van der Waals surface area contributed by atoms with E-state index in [4.69, 9.17) is 4.74 Å². The number of amides is 1. The Hall–Kier alpha value is -2.33. The van der Waals surface area contributed by atoms with Crippen molar-refractivity contribution in [2.24, 2.45) is 5.41 Å². The van der Waals surface area contributed by atoms with E-state index in [1.54, 1.807) is 0 Å². The molecule has 1 amide bonds. The summed E-state index contributed by atoms with van der Waals surface area (Å²) in [7, 11) is 0. The molecule has 0 spiro atoms. The van der Waals surface area contributed by atoms with Gasteiger partial charge in [-0.2, -0.15) is 0 Å². The molecular weight excluding hydrogens is 324 g/mol. The van der Waals surface area contributed by atoms with Crippen LogP contribution in [0.2, 0.25) is 0 Å². The number of nitrogens with one attached hydrogen (secondary N) is 1. The van der Waals surface area contributed by atoms with Crippen LogP contribution >= 0.6 is 0 Å². The number of hydrogen-bond donors (Lipinski definition) is 1. The topological polar surface area (TPSA) is 41.6 Å². The Morgan fingerprint density at radius 3 is 2.58 bits per heavy atom. The van der Waals surface area contributed by atoms with E-state index in [9.17, 15) is 4.79 Å². The van der Waals surface area contributed by atoms with E-state index >= 15 is 0 Å². The van der Waals surface area contributed by atoms with Gasteiger partial charge < -0.3 is 15.0 Å². The molecule has 2 fully saturated rings. The molecule has 1 saturated heterocycles. The lowest BCUT2D eigenvalue weighted by Gasteiger charge is -2.31. The third-order valence-electron chi connectivity index (χ3n) is 5.48. The average molecular weight is 350 g/mol. The Balaban J connectivity index is 1.61. The van der Waals surface area contributed by atoms with Crippen LogP contribution in [0.4, 0.5) is 0 Å². The molecule has 1 atom stereocenters. The highest BCUT2D eigenvalue weighted by Crippen LogP contribution is 2.46. The van der Waals surface area contributed by atoms with Crippen molar-refractivity contribution in [1.82, 2.24) is 10.2 Å². The van der Waals surface area contributed by atoms with E-state index < -0.39 is 0 Å². The lowest BCUT2D eigenvalue weighted by molar-refractivity contribution is 0.0648. The maximum atomic E-state index is 13.5. The van der Waals surface area contributed by atoms with Crippen molar-refractivity contribution in [1.29, 1.82) is 0 Å². The van der Waals surface area contributed by atoms with Crippen molar-refractivity contribution in [3.8, 4) is 11.5 Å². The van der Waals surface area contributed by atoms with Crippen LogP contribution in [0, 0.1) is 5.41 Å². The zero-order chi connectivity index (χ0) is 18.0. The molecule has 0 bridgehead atoms. The lowest BCUT2D eigenvalue weighted by Crippen LogP contribution is -2.44. The molecule has 2 aliphatic rings. The van der Waals surface area contributed by atoms with Crippen molar-refractivity contribution < 1.29 is 9.53 Å². The average Bonchev–Trinajstić information content (AvgIpc) is 3.16. The number of ether oxygens (including phenoxy) is 1. The first kappa shape index (κ1) is 17.1. The highest BCUT2D eigenvalue weighted by atomic mass is 16.5. The van der Waals surface area contributed by atoms with Crippen molar-refractivity contribution in [2.75, 3.05) is 19.6 Å². The van der Waals surface area contributed by atoms with Crippen LogP contribution in [0.3, 0.4) is 0 Å². The summed E-state index contributed by atoms with van der Waals surface area (Å²) in [5.74, 6) is 1.45. The zero-order valence-corrected chi connectivity index (χ0v) is 15.3. The molecule has 2 aromatic carbocycles. The van der Waals surface area contributed by atoms with Gasteiger partial charge in [-0.05, 0) is 55.5 Å². The normalized spacial score (nSPS) is 20.6. The molecule has 2 aromatic rings. The van der Waals surface area contributed by atoms with Crippen molar-refractivity contribution >= 4 is 5.91 Å². The van der Waals surface area contributed by atoms with Crippen LogP contribution in [0.15, 0.2) is 54.6 Å². The van der Waals surface area contributed by atoms with E-state index in [0.717, 1.165) is 31.8 Å². The van der Waals surface area contributed by atoms with Crippen LogP contribution in [0.5, 0.6) is 11.5 Å². The molecule has 1 N–H and O–H groups in total. The molecule has 4 rings (SSSR count). The number of carbonyl (C=O) groups is 1. The summed E-state index contributed by atoms with van der Waals surface area (Å²) < 4.78 is 6.03. The summed E-state index contributed by atoms with van der Waals surface area (Å²) in [4.78, 5) is 15.6. The number of para-hydroxylation sites is 2. The van der Waals surface area contributed by atoms with E-state index in [1.807, 2.05) is 54.6 Å².